The van der Waals surface area contributed by atoms with Crippen LogP contribution in [0, 0.1) is 0 Å². The van der Waals surface area contributed by atoms with Gasteiger partial charge in [0.1, 0.15) is 23.7 Å². The minimum atomic E-state index is -0.909. The molecule has 2 aromatic rings. The Morgan fingerprint density at radius 3 is 2.90 bits per heavy atom. The Kier molecular flexibility index (Phi) is 4.10. The summed E-state index contributed by atoms with van der Waals surface area (Å²) >= 11 is 5.82. The molecule has 0 bridgehead atoms. The highest BCUT2D eigenvalue weighted by molar-refractivity contribution is 6.30. The Morgan fingerprint density at radius 2 is 2.19 bits per heavy atom. The summed E-state index contributed by atoms with van der Waals surface area (Å²) in [5, 5.41) is 21.5. The fourth-order valence-corrected chi connectivity index (χ4v) is 2.65. The monoisotopic (exact) mass is 308 g/mol. The lowest BCUT2D eigenvalue weighted by Gasteiger charge is -2.21. The van der Waals surface area contributed by atoms with Gasteiger partial charge in [0.25, 0.3) is 0 Å². The molecule has 0 saturated carbocycles. The minimum Gasteiger partial charge on any atom is -0.492 e. The first-order valence-electron chi connectivity index (χ1n) is 6.85. The normalized spacial score (nSPS) is 22.6. The van der Waals surface area contributed by atoms with Gasteiger partial charge in [-0.2, -0.15) is 15.4 Å². The van der Waals surface area contributed by atoms with Crippen LogP contribution in [0.5, 0.6) is 5.75 Å². The molecule has 1 aromatic carbocycles. The van der Waals surface area contributed by atoms with Crippen LogP contribution in [0.15, 0.2) is 30.5 Å². The maximum absolute atomic E-state index is 10.5. The van der Waals surface area contributed by atoms with E-state index < -0.39 is 5.60 Å². The maximum Gasteiger partial charge on any atom is 0.124 e. The molecule has 0 aliphatic carbocycles. The molecular weight excluding hydrogens is 292 g/mol. The van der Waals surface area contributed by atoms with Crippen LogP contribution in [0.25, 0.3) is 0 Å². The third kappa shape index (κ3) is 3.34. The minimum absolute atomic E-state index is 0.545. The lowest BCUT2D eigenvalue weighted by atomic mass is 10.0. The zero-order valence-electron chi connectivity index (χ0n) is 11.5. The highest BCUT2D eigenvalue weighted by atomic mass is 35.5. The summed E-state index contributed by atoms with van der Waals surface area (Å²) in [7, 11) is 0. The molecule has 1 aliphatic rings. The number of nitrogens with zero attached hydrogens (tertiary/aromatic N) is 3. The molecule has 0 unspecified atom stereocenters. The van der Waals surface area contributed by atoms with E-state index in [9.17, 15) is 5.11 Å². The second-order valence-corrected chi connectivity index (χ2v) is 5.65. The third-order valence-corrected chi connectivity index (χ3v) is 3.96. The van der Waals surface area contributed by atoms with Gasteiger partial charge in [-0.15, -0.1) is 0 Å². The Balaban J connectivity index is 1.48. The molecule has 7 heteroatoms. The van der Waals surface area contributed by atoms with E-state index in [1.54, 1.807) is 18.3 Å². The van der Waals surface area contributed by atoms with Crippen molar-refractivity contribution in [3.63, 3.8) is 0 Å². The van der Waals surface area contributed by atoms with Crippen LogP contribution in [-0.2, 0) is 5.60 Å². The predicted octanol–water partition coefficient (Wildman–Crippen LogP) is 1.43. The van der Waals surface area contributed by atoms with E-state index in [1.165, 1.54) is 0 Å². The third-order valence-electron chi connectivity index (χ3n) is 3.71. The fourth-order valence-electron chi connectivity index (χ4n) is 2.52. The molecule has 3 rings (SSSR count). The van der Waals surface area contributed by atoms with Gasteiger partial charge in [0.2, 0.25) is 0 Å². The predicted molar refractivity (Wildman–Crippen MR) is 78.3 cm³/mol. The second kappa shape index (κ2) is 6.01. The van der Waals surface area contributed by atoms with Crippen LogP contribution in [-0.4, -0.2) is 51.7 Å². The number of benzene rings is 1. The standard InChI is InChI=1S/C14H17ClN4O2/c15-11-1-3-12(4-2-11)21-8-7-19-6-5-14(20,10-19)13-9-16-18-17-13/h1-4,9,20H,5-8,10H2,(H,16,17,18)/t14-/m0/s1. The first-order chi connectivity index (χ1) is 10.2. The van der Waals surface area contributed by atoms with Crippen molar-refractivity contribution in [2.45, 2.75) is 12.0 Å². The number of hydrogen-bond donors (Lipinski definition) is 2. The van der Waals surface area contributed by atoms with E-state index in [0.29, 0.717) is 30.3 Å². The number of rotatable bonds is 5. The summed E-state index contributed by atoms with van der Waals surface area (Å²) in [6.07, 6.45) is 2.23. The van der Waals surface area contributed by atoms with Crippen molar-refractivity contribution in [3.05, 3.63) is 41.2 Å². The number of hydrogen-bond acceptors (Lipinski definition) is 5. The summed E-state index contributed by atoms with van der Waals surface area (Å²) in [5.41, 5.74) is -0.309. The molecule has 1 saturated heterocycles. The fraction of sp³-hybridized carbons (Fsp3) is 0.429. The molecule has 1 aliphatic heterocycles. The first-order valence-corrected chi connectivity index (χ1v) is 7.23. The highest BCUT2D eigenvalue weighted by Gasteiger charge is 2.39. The topological polar surface area (TPSA) is 74.3 Å². The van der Waals surface area contributed by atoms with Gasteiger partial charge in [-0.3, -0.25) is 4.90 Å². The van der Waals surface area contributed by atoms with Crippen LogP contribution in [0.2, 0.25) is 5.02 Å². The Bertz CT molecular complexity index is 575. The molecule has 0 spiro atoms. The number of aromatic nitrogens is 3. The average molecular weight is 309 g/mol. The number of nitrogens with one attached hydrogen (secondary N) is 1. The largest absolute Gasteiger partial charge is 0.492 e. The lowest BCUT2D eigenvalue weighted by molar-refractivity contribution is 0.0403. The van der Waals surface area contributed by atoms with Crippen LogP contribution in [0.1, 0.15) is 12.1 Å². The van der Waals surface area contributed by atoms with E-state index in [0.717, 1.165) is 18.8 Å². The van der Waals surface area contributed by atoms with Gasteiger partial charge < -0.3 is 9.84 Å². The number of aromatic amines is 1. The number of aliphatic hydroxyl groups is 1. The van der Waals surface area contributed by atoms with E-state index in [2.05, 4.69) is 20.3 Å². The molecule has 1 fully saturated rings. The molecule has 0 radical (unpaired) electrons. The smallest absolute Gasteiger partial charge is 0.124 e. The van der Waals surface area contributed by atoms with Gasteiger partial charge >= 0.3 is 0 Å². The lowest BCUT2D eigenvalue weighted by Crippen LogP contribution is -2.33. The van der Waals surface area contributed by atoms with Crippen molar-refractivity contribution >= 4 is 11.6 Å². The zero-order chi connectivity index (χ0) is 14.7. The van der Waals surface area contributed by atoms with E-state index >= 15 is 0 Å². The summed E-state index contributed by atoms with van der Waals surface area (Å²) in [4.78, 5) is 2.16. The first kappa shape index (κ1) is 14.3. The van der Waals surface area contributed by atoms with Crippen LogP contribution >= 0.6 is 11.6 Å². The number of halogens is 1. The van der Waals surface area contributed by atoms with Crippen molar-refractivity contribution in [1.29, 1.82) is 0 Å². The van der Waals surface area contributed by atoms with Gasteiger partial charge in [-0.1, -0.05) is 11.6 Å². The number of ether oxygens (including phenoxy) is 1. The molecule has 1 aromatic heterocycles. The highest BCUT2D eigenvalue weighted by Crippen LogP contribution is 2.29. The maximum atomic E-state index is 10.5. The molecule has 112 valence electrons. The van der Waals surface area contributed by atoms with E-state index in [4.69, 9.17) is 16.3 Å². The molecular formula is C14H17ClN4O2. The molecule has 1 atom stereocenters. The molecule has 2 N–H and O–H groups in total. The second-order valence-electron chi connectivity index (χ2n) is 5.22. The van der Waals surface area contributed by atoms with Gasteiger partial charge in [0, 0.05) is 24.7 Å². The SMILES string of the molecule is O[C@@]1(c2cn[nH]n2)CCN(CCOc2ccc(Cl)cc2)C1. The molecule has 6 nitrogen and oxygen atoms in total. The summed E-state index contributed by atoms with van der Waals surface area (Å²) < 4.78 is 5.67. The van der Waals surface area contributed by atoms with Crippen LogP contribution < -0.4 is 4.74 Å². The summed E-state index contributed by atoms with van der Waals surface area (Å²) in [6, 6.07) is 7.29. The van der Waals surface area contributed by atoms with Gasteiger partial charge in [-0.25, -0.2) is 0 Å². The number of H-pyrrole nitrogens is 1. The van der Waals surface area contributed by atoms with E-state index in [1.807, 2.05) is 12.1 Å². The van der Waals surface area contributed by atoms with Crippen molar-refractivity contribution in [1.82, 2.24) is 20.3 Å². The Hall–Kier alpha value is -1.63. The van der Waals surface area contributed by atoms with Crippen molar-refractivity contribution in [2.24, 2.45) is 0 Å². The van der Waals surface area contributed by atoms with Crippen molar-refractivity contribution in [2.75, 3.05) is 26.2 Å². The number of likely N-dealkylation sites (tertiary alicyclic amines) is 1. The number of β-amino-alcohol motifs (C(OH)–C–C–N with tert-alkyl or cyclic N) is 1. The summed E-state index contributed by atoms with van der Waals surface area (Å²) in [5.74, 6) is 0.797. The van der Waals surface area contributed by atoms with Crippen LogP contribution in [0.3, 0.4) is 0 Å². The van der Waals surface area contributed by atoms with E-state index in [-0.39, 0.29) is 0 Å². The van der Waals surface area contributed by atoms with Gasteiger partial charge in [-0.05, 0) is 30.7 Å². The quantitative estimate of drug-likeness (QED) is 0.874. The van der Waals surface area contributed by atoms with Crippen molar-refractivity contribution in [3.8, 4) is 5.75 Å². The zero-order valence-corrected chi connectivity index (χ0v) is 12.3. The van der Waals surface area contributed by atoms with Gasteiger partial charge in [0.15, 0.2) is 0 Å². The van der Waals surface area contributed by atoms with Gasteiger partial charge in [0.05, 0.1) is 6.20 Å². The molecule has 2 heterocycles. The Labute approximate surface area is 127 Å². The van der Waals surface area contributed by atoms with Crippen molar-refractivity contribution < 1.29 is 9.84 Å². The Morgan fingerprint density at radius 1 is 1.38 bits per heavy atom. The molecule has 0 amide bonds. The average Bonchev–Trinajstić information content (AvgIpc) is 3.12. The summed E-state index contributed by atoms with van der Waals surface area (Å²) in [6.45, 7) is 2.68. The van der Waals surface area contributed by atoms with Crippen LogP contribution in [0.4, 0.5) is 0 Å². The molecule has 21 heavy (non-hydrogen) atoms.